The average Bonchev–Trinajstić information content (AvgIpc) is 3.41. The van der Waals surface area contributed by atoms with Crippen molar-refractivity contribution in [1.82, 2.24) is 25.0 Å². The Balaban J connectivity index is 1.58. The lowest BCUT2D eigenvalue weighted by Crippen LogP contribution is -2.59. The summed E-state index contributed by atoms with van der Waals surface area (Å²) in [5.74, 6) is -0.0235. The average molecular weight is 660 g/mol. The lowest BCUT2D eigenvalue weighted by molar-refractivity contribution is -0.0989. The van der Waals surface area contributed by atoms with E-state index < -0.39 is 26.5 Å². The predicted molar refractivity (Wildman–Crippen MR) is 170 cm³/mol. The van der Waals surface area contributed by atoms with Gasteiger partial charge < -0.3 is 20.0 Å². The molecule has 2 bridgehead atoms. The monoisotopic (exact) mass is 659 g/mol. The van der Waals surface area contributed by atoms with Gasteiger partial charge in [-0.1, -0.05) is 32.1 Å². The molecule has 3 N–H and O–H groups in total. The second-order valence-corrected chi connectivity index (χ2v) is 14.9. The summed E-state index contributed by atoms with van der Waals surface area (Å²) >= 11 is 0. The largest absolute Gasteiger partial charge is 0.471 e. The summed E-state index contributed by atoms with van der Waals surface area (Å²) in [5.41, 5.74) is 2.39. The van der Waals surface area contributed by atoms with Gasteiger partial charge in [-0.15, -0.1) is 5.10 Å². The third kappa shape index (κ3) is 6.06. The van der Waals surface area contributed by atoms with Crippen LogP contribution in [0.3, 0.4) is 0 Å². The van der Waals surface area contributed by atoms with Gasteiger partial charge >= 0.3 is 7.82 Å². The zero-order valence-electron chi connectivity index (χ0n) is 26.6. The molecule has 3 aromatic heterocycles. The summed E-state index contributed by atoms with van der Waals surface area (Å²) in [7, 11) is -5.01. The van der Waals surface area contributed by atoms with Crippen LogP contribution in [0.4, 0.5) is 15.8 Å². The predicted octanol–water partition coefficient (Wildman–Crippen LogP) is 5.43. The zero-order valence-corrected chi connectivity index (χ0v) is 27.5. The quantitative estimate of drug-likeness (QED) is 0.112. The van der Waals surface area contributed by atoms with Crippen molar-refractivity contribution in [2.24, 2.45) is 11.3 Å². The Morgan fingerprint density at radius 3 is 2.49 bits per heavy atom. The Kier molecular flexibility index (Phi) is 8.05. The maximum absolute atomic E-state index is 14.3. The van der Waals surface area contributed by atoms with Crippen LogP contribution >= 0.6 is 7.82 Å². The first kappa shape index (κ1) is 32.5. The molecule has 0 amide bonds. The summed E-state index contributed by atoms with van der Waals surface area (Å²) in [4.78, 5) is 29.6. The van der Waals surface area contributed by atoms with E-state index in [4.69, 9.17) is 4.52 Å². The van der Waals surface area contributed by atoms with Crippen LogP contribution in [0.15, 0.2) is 36.7 Å². The van der Waals surface area contributed by atoms with Crippen molar-refractivity contribution in [2.45, 2.75) is 71.5 Å². The number of anilines is 2. The summed E-state index contributed by atoms with van der Waals surface area (Å²) in [5, 5.41) is 33.2. The number of phosphoric ester groups is 1. The molecule has 3 aliphatic rings. The van der Waals surface area contributed by atoms with E-state index >= 15 is 0 Å². The van der Waals surface area contributed by atoms with Gasteiger partial charge in [0.15, 0.2) is 0 Å². The second kappa shape index (κ2) is 11.7. The van der Waals surface area contributed by atoms with Crippen molar-refractivity contribution in [3.8, 4) is 12.1 Å². The molecular formula is C32H35FN9O4P. The number of nitrogens with zero attached hydrogens (tertiary/aromatic N) is 8. The van der Waals surface area contributed by atoms with Gasteiger partial charge in [0.25, 0.3) is 0 Å². The Morgan fingerprint density at radius 1 is 1.21 bits per heavy atom. The molecule has 4 aromatic rings. The molecule has 47 heavy (non-hydrogen) atoms. The standard InChI is InChI=1S/C32H35FN9O4P/c1-18-24(6-7-27(33)37-18)30(26-16-42(40-39-26)32-10-20(11-32)12-32)41(17-46-47(43,44)45)23-8-21(13-34)28-25(9-23)29(22(14-35)15-36-28)38-19(2)31(3,4)5/h6-9,15-16,19-20,30H,10-12,17H2,1-5H3,(H,36,38)(H2,43,44,45). The fourth-order valence-electron chi connectivity index (χ4n) is 6.31. The number of pyridine rings is 2. The van der Waals surface area contributed by atoms with E-state index in [1.165, 1.54) is 29.3 Å². The van der Waals surface area contributed by atoms with Crippen LogP contribution in [0.5, 0.6) is 0 Å². The first-order valence-corrected chi connectivity index (χ1v) is 16.7. The number of nitriles is 2. The van der Waals surface area contributed by atoms with Crippen molar-refractivity contribution in [3.63, 3.8) is 0 Å². The first-order chi connectivity index (χ1) is 22.1. The summed E-state index contributed by atoms with van der Waals surface area (Å²) in [6.45, 7) is 9.11. The van der Waals surface area contributed by atoms with Gasteiger partial charge in [0, 0.05) is 34.6 Å². The molecule has 3 fully saturated rings. The normalized spacial score (nSPS) is 20.0. The number of hydrogen-bond donors (Lipinski definition) is 3. The molecule has 7 rings (SSSR count). The number of rotatable bonds is 10. The van der Waals surface area contributed by atoms with Crippen molar-refractivity contribution >= 4 is 30.1 Å². The van der Waals surface area contributed by atoms with Crippen LogP contribution in [0.1, 0.15) is 81.1 Å². The Hall–Kier alpha value is -4.46. The maximum atomic E-state index is 14.3. The number of phosphoric acid groups is 1. The van der Waals surface area contributed by atoms with Crippen LogP contribution in [0.2, 0.25) is 0 Å². The number of benzene rings is 1. The number of hydrogen-bond acceptors (Lipinski definition) is 10. The van der Waals surface area contributed by atoms with Gasteiger partial charge in [-0.25, -0.2) is 14.2 Å². The molecule has 3 heterocycles. The van der Waals surface area contributed by atoms with Gasteiger partial charge in [-0.2, -0.15) is 14.9 Å². The first-order valence-electron chi connectivity index (χ1n) is 15.2. The fraction of sp³-hybridized carbons (Fsp3) is 0.438. The van der Waals surface area contributed by atoms with Crippen molar-refractivity contribution in [1.29, 1.82) is 10.5 Å². The Labute approximate surface area is 271 Å². The molecule has 2 atom stereocenters. The molecule has 0 radical (unpaired) electrons. The highest BCUT2D eigenvalue weighted by atomic mass is 31.2. The molecule has 244 valence electrons. The van der Waals surface area contributed by atoms with Crippen LogP contribution in [-0.2, 0) is 14.6 Å². The minimum Gasteiger partial charge on any atom is -0.380 e. The van der Waals surface area contributed by atoms with Crippen LogP contribution in [0, 0.1) is 46.9 Å². The molecule has 15 heteroatoms. The second-order valence-electron chi connectivity index (χ2n) is 13.6. The lowest BCUT2D eigenvalue weighted by Gasteiger charge is -2.61. The van der Waals surface area contributed by atoms with Crippen molar-refractivity contribution in [2.75, 3.05) is 16.9 Å². The van der Waals surface area contributed by atoms with E-state index in [1.807, 2.05) is 11.6 Å². The minimum absolute atomic E-state index is 0.107. The molecule has 0 saturated heterocycles. The highest BCUT2D eigenvalue weighted by Gasteiger charge is 2.59. The zero-order chi connectivity index (χ0) is 33.9. The summed E-state index contributed by atoms with van der Waals surface area (Å²) in [6, 6.07) is 9.27. The molecule has 0 spiro atoms. The molecule has 3 aliphatic carbocycles. The third-order valence-corrected chi connectivity index (χ3v) is 9.99. The number of aromatic nitrogens is 5. The van der Waals surface area contributed by atoms with E-state index in [0.717, 1.165) is 19.3 Å². The topological polar surface area (TPSA) is 186 Å². The highest BCUT2D eigenvalue weighted by molar-refractivity contribution is 7.46. The van der Waals surface area contributed by atoms with Crippen molar-refractivity contribution < 1.29 is 23.3 Å². The van der Waals surface area contributed by atoms with Gasteiger partial charge in [0.2, 0.25) is 5.95 Å². The molecular weight excluding hydrogens is 624 g/mol. The van der Waals surface area contributed by atoms with Crippen molar-refractivity contribution in [3.05, 3.63) is 70.7 Å². The number of aryl methyl sites for hydroxylation is 1. The molecule has 1 aromatic carbocycles. The van der Waals surface area contributed by atoms with Gasteiger partial charge in [0.05, 0.1) is 34.1 Å². The van der Waals surface area contributed by atoms with E-state index in [9.17, 15) is 29.3 Å². The van der Waals surface area contributed by atoms with Gasteiger partial charge in [-0.05, 0) is 62.6 Å². The Bertz CT molecular complexity index is 1990. The molecule has 3 saturated carbocycles. The Morgan fingerprint density at radius 2 is 1.91 bits per heavy atom. The van der Waals surface area contributed by atoms with Gasteiger partial charge in [-0.3, -0.25) is 9.51 Å². The van der Waals surface area contributed by atoms with Crippen LogP contribution in [-0.4, -0.2) is 47.5 Å². The smallest absolute Gasteiger partial charge is 0.380 e. The molecule has 2 unspecified atom stereocenters. The number of halogens is 1. The maximum Gasteiger partial charge on any atom is 0.471 e. The third-order valence-electron chi connectivity index (χ3n) is 9.54. The molecule has 0 aliphatic heterocycles. The highest BCUT2D eigenvalue weighted by Crippen LogP contribution is 2.62. The lowest BCUT2D eigenvalue weighted by atomic mass is 9.50. The van der Waals surface area contributed by atoms with Crippen LogP contribution in [0.25, 0.3) is 10.9 Å². The van der Waals surface area contributed by atoms with E-state index in [-0.39, 0.29) is 28.1 Å². The summed E-state index contributed by atoms with van der Waals surface area (Å²) < 4.78 is 33.3. The van der Waals surface area contributed by atoms with E-state index in [0.29, 0.717) is 45.1 Å². The van der Waals surface area contributed by atoms with E-state index in [1.54, 1.807) is 19.2 Å². The fourth-order valence-corrected chi connectivity index (χ4v) is 6.59. The molecule has 13 nitrogen and oxygen atoms in total. The van der Waals surface area contributed by atoms with E-state index in [2.05, 4.69) is 58.5 Å². The SMILES string of the molecule is Cc1nc(F)ccc1C(c1cn(C23CC(C2)C3)nn1)N(COP(=O)(O)O)c1cc(C#N)c2ncc(C#N)c(NC(C)C(C)(C)C)c2c1. The number of nitrogens with one attached hydrogen (secondary N) is 1. The minimum atomic E-state index is -5.01. The number of fused-ring (bicyclic) bond motifs is 1. The van der Waals surface area contributed by atoms with Crippen LogP contribution < -0.4 is 10.2 Å². The summed E-state index contributed by atoms with van der Waals surface area (Å²) in [6.07, 6.45) is 6.20. The van der Waals surface area contributed by atoms with Gasteiger partial charge in [0.1, 0.15) is 30.6 Å².